The number of nitrogens with one attached hydrogen (secondary N) is 1. The van der Waals surface area contributed by atoms with Gasteiger partial charge in [0.2, 0.25) is 5.91 Å². The Morgan fingerprint density at radius 3 is 2.71 bits per heavy atom. The average molecular weight is 299 g/mol. The Morgan fingerprint density at radius 2 is 2.14 bits per heavy atom. The summed E-state index contributed by atoms with van der Waals surface area (Å²) in [7, 11) is 0. The molecule has 2 aromatic rings. The standard InChI is InChI=1S/C16H17N3OS/c1-16(2,15-18-8-9-21-15)19-14(20)13(11-17)10-12-6-4-3-5-7-12/h3-9,13H,10H2,1-2H3,(H,19,20). The highest BCUT2D eigenvalue weighted by Crippen LogP contribution is 2.22. The number of amides is 1. The monoisotopic (exact) mass is 299 g/mol. The van der Waals surface area contributed by atoms with E-state index in [1.807, 2.05) is 49.6 Å². The summed E-state index contributed by atoms with van der Waals surface area (Å²) < 4.78 is 0. The minimum absolute atomic E-state index is 0.262. The highest BCUT2D eigenvalue weighted by molar-refractivity contribution is 7.09. The van der Waals surface area contributed by atoms with E-state index in [9.17, 15) is 10.1 Å². The lowest BCUT2D eigenvalue weighted by Gasteiger charge is -2.25. The number of hydrogen-bond donors (Lipinski definition) is 1. The number of carbonyl (C=O) groups is 1. The predicted molar refractivity (Wildman–Crippen MR) is 82.5 cm³/mol. The van der Waals surface area contributed by atoms with Crippen LogP contribution in [0, 0.1) is 17.2 Å². The second-order valence-electron chi connectivity index (χ2n) is 5.32. The molecule has 1 N–H and O–H groups in total. The number of benzene rings is 1. The fourth-order valence-electron chi connectivity index (χ4n) is 2.03. The number of nitriles is 1. The van der Waals surface area contributed by atoms with Crippen molar-refractivity contribution in [3.05, 3.63) is 52.5 Å². The first-order valence-corrected chi connectivity index (χ1v) is 7.56. The molecule has 0 saturated heterocycles. The zero-order valence-electron chi connectivity index (χ0n) is 12.0. The average Bonchev–Trinajstić information content (AvgIpc) is 3.00. The van der Waals surface area contributed by atoms with Crippen molar-refractivity contribution in [2.75, 3.05) is 0 Å². The van der Waals surface area contributed by atoms with Crippen molar-refractivity contribution in [3.63, 3.8) is 0 Å². The van der Waals surface area contributed by atoms with Crippen LogP contribution in [-0.2, 0) is 16.8 Å². The van der Waals surface area contributed by atoms with Crippen molar-refractivity contribution in [3.8, 4) is 6.07 Å². The van der Waals surface area contributed by atoms with E-state index in [-0.39, 0.29) is 5.91 Å². The molecule has 1 atom stereocenters. The van der Waals surface area contributed by atoms with E-state index in [2.05, 4.69) is 16.4 Å². The third-order valence-electron chi connectivity index (χ3n) is 3.16. The molecular weight excluding hydrogens is 282 g/mol. The van der Waals surface area contributed by atoms with Crippen LogP contribution in [0.3, 0.4) is 0 Å². The van der Waals surface area contributed by atoms with E-state index < -0.39 is 11.5 Å². The topological polar surface area (TPSA) is 65.8 Å². The van der Waals surface area contributed by atoms with Gasteiger partial charge in [-0.15, -0.1) is 11.3 Å². The molecule has 0 radical (unpaired) electrons. The maximum atomic E-state index is 12.3. The van der Waals surface area contributed by atoms with Crippen LogP contribution >= 0.6 is 11.3 Å². The first-order valence-electron chi connectivity index (χ1n) is 6.68. The molecule has 0 fully saturated rings. The van der Waals surface area contributed by atoms with Gasteiger partial charge in [-0.25, -0.2) is 4.98 Å². The summed E-state index contributed by atoms with van der Waals surface area (Å²) in [6.45, 7) is 3.78. The van der Waals surface area contributed by atoms with Crippen LogP contribution in [0.25, 0.3) is 0 Å². The number of hydrogen-bond acceptors (Lipinski definition) is 4. The highest BCUT2D eigenvalue weighted by atomic mass is 32.1. The molecule has 0 bridgehead atoms. The van der Waals surface area contributed by atoms with Gasteiger partial charge in [0.05, 0.1) is 11.6 Å². The van der Waals surface area contributed by atoms with Gasteiger partial charge in [-0.05, 0) is 25.8 Å². The molecule has 1 aromatic carbocycles. The van der Waals surface area contributed by atoms with E-state index in [1.54, 1.807) is 6.20 Å². The Bertz CT molecular complexity index is 629. The Hall–Kier alpha value is -2.19. The molecule has 4 nitrogen and oxygen atoms in total. The van der Waals surface area contributed by atoms with Crippen LogP contribution in [0.15, 0.2) is 41.9 Å². The van der Waals surface area contributed by atoms with Gasteiger partial charge in [-0.1, -0.05) is 30.3 Å². The first kappa shape index (κ1) is 15.2. The molecule has 0 aliphatic rings. The Morgan fingerprint density at radius 1 is 1.43 bits per heavy atom. The minimum Gasteiger partial charge on any atom is -0.344 e. The molecule has 1 unspecified atom stereocenters. The van der Waals surface area contributed by atoms with E-state index >= 15 is 0 Å². The van der Waals surface area contributed by atoms with Gasteiger partial charge in [0, 0.05) is 11.6 Å². The van der Waals surface area contributed by atoms with Crippen molar-refractivity contribution in [1.29, 1.82) is 5.26 Å². The zero-order chi connectivity index (χ0) is 15.3. The Labute approximate surface area is 128 Å². The molecule has 0 aliphatic carbocycles. The van der Waals surface area contributed by atoms with Crippen molar-refractivity contribution in [2.24, 2.45) is 5.92 Å². The van der Waals surface area contributed by atoms with Crippen molar-refractivity contribution < 1.29 is 4.79 Å². The lowest BCUT2D eigenvalue weighted by atomic mass is 9.98. The van der Waals surface area contributed by atoms with Crippen LogP contribution in [0.2, 0.25) is 0 Å². The van der Waals surface area contributed by atoms with Gasteiger partial charge >= 0.3 is 0 Å². The first-order chi connectivity index (χ1) is 10.0. The van der Waals surface area contributed by atoms with Crippen molar-refractivity contribution in [2.45, 2.75) is 25.8 Å². The van der Waals surface area contributed by atoms with Crippen molar-refractivity contribution in [1.82, 2.24) is 10.3 Å². The van der Waals surface area contributed by atoms with Gasteiger partial charge < -0.3 is 5.32 Å². The predicted octanol–water partition coefficient (Wildman–Crippen LogP) is 2.88. The quantitative estimate of drug-likeness (QED) is 0.923. The summed E-state index contributed by atoms with van der Waals surface area (Å²) in [6, 6.07) is 11.7. The maximum absolute atomic E-state index is 12.3. The molecule has 1 aromatic heterocycles. The summed E-state index contributed by atoms with van der Waals surface area (Å²) in [5, 5.41) is 14.9. The molecule has 0 saturated carbocycles. The van der Waals surface area contributed by atoms with Gasteiger partial charge in [-0.3, -0.25) is 4.79 Å². The van der Waals surface area contributed by atoms with Crippen molar-refractivity contribution >= 4 is 17.2 Å². The summed E-state index contributed by atoms with van der Waals surface area (Å²) in [5.41, 5.74) is 0.406. The fourth-order valence-corrected chi connectivity index (χ4v) is 2.75. The van der Waals surface area contributed by atoms with E-state index in [0.717, 1.165) is 10.6 Å². The van der Waals surface area contributed by atoms with Gasteiger partial charge in [0.1, 0.15) is 10.9 Å². The molecule has 2 rings (SSSR count). The van der Waals surface area contributed by atoms with Gasteiger partial charge in [0.15, 0.2) is 0 Å². The second-order valence-corrected chi connectivity index (χ2v) is 6.22. The molecule has 108 valence electrons. The lowest BCUT2D eigenvalue weighted by molar-refractivity contribution is -0.125. The van der Waals surface area contributed by atoms with Crippen LogP contribution in [0.1, 0.15) is 24.4 Å². The number of thiazole rings is 1. The smallest absolute Gasteiger partial charge is 0.238 e. The largest absolute Gasteiger partial charge is 0.344 e. The minimum atomic E-state index is -0.702. The summed E-state index contributed by atoms with van der Waals surface area (Å²) >= 11 is 1.49. The summed E-state index contributed by atoms with van der Waals surface area (Å²) in [5.74, 6) is -0.965. The van der Waals surface area contributed by atoms with Crippen LogP contribution in [0.5, 0.6) is 0 Å². The molecule has 21 heavy (non-hydrogen) atoms. The van der Waals surface area contributed by atoms with E-state index in [0.29, 0.717) is 6.42 Å². The number of nitrogens with zero attached hydrogens (tertiary/aromatic N) is 2. The molecule has 1 amide bonds. The van der Waals surface area contributed by atoms with E-state index in [4.69, 9.17) is 0 Å². The summed E-state index contributed by atoms with van der Waals surface area (Å²) in [6.07, 6.45) is 2.12. The van der Waals surface area contributed by atoms with Crippen LogP contribution in [-0.4, -0.2) is 10.9 Å². The van der Waals surface area contributed by atoms with E-state index in [1.165, 1.54) is 11.3 Å². The molecule has 1 heterocycles. The lowest BCUT2D eigenvalue weighted by Crippen LogP contribution is -2.44. The maximum Gasteiger partial charge on any atom is 0.238 e. The molecule has 0 spiro atoms. The van der Waals surface area contributed by atoms with Gasteiger partial charge in [0.25, 0.3) is 0 Å². The Kier molecular flexibility index (Phi) is 4.71. The van der Waals surface area contributed by atoms with Crippen LogP contribution < -0.4 is 5.32 Å². The molecule has 5 heteroatoms. The normalized spacial score (nSPS) is 12.4. The SMILES string of the molecule is CC(C)(NC(=O)C(C#N)Cc1ccccc1)c1nccs1. The number of aromatic nitrogens is 1. The van der Waals surface area contributed by atoms with Crippen LogP contribution in [0.4, 0.5) is 0 Å². The third-order valence-corrected chi connectivity index (χ3v) is 4.25. The number of carbonyl (C=O) groups excluding carboxylic acids is 1. The second kappa shape index (κ2) is 6.51. The molecular formula is C16H17N3OS. The Balaban J connectivity index is 2.06. The summed E-state index contributed by atoms with van der Waals surface area (Å²) in [4.78, 5) is 16.6. The number of rotatable bonds is 5. The fraction of sp³-hybridized carbons (Fsp3) is 0.312. The zero-order valence-corrected chi connectivity index (χ0v) is 12.9. The highest BCUT2D eigenvalue weighted by Gasteiger charge is 2.29. The van der Waals surface area contributed by atoms with Gasteiger partial charge in [-0.2, -0.15) is 5.26 Å². The third kappa shape index (κ3) is 3.89. The molecule has 0 aliphatic heterocycles.